The first kappa shape index (κ1) is 20.2. The summed E-state index contributed by atoms with van der Waals surface area (Å²) in [4.78, 5) is 0. The first-order chi connectivity index (χ1) is 16.8. The monoisotopic (exact) mass is 432 g/mol. The van der Waals surface area contributed by atoms with Gasteiger partial charge in [0, 0.05) is 0 Å². The van der Waals surface area contributed by atoms with Crippen LogP contribution < -0.4 is 0 Å². The third-order valence-electron chi connectivity index (χ3n) is 6.37. The Balaban J connectivity index is 1.22. The molecule has 0 amide bonds. The largest absolute Gasteiger partial charge is 0.0616 e. The van der Waals surface area contributed by atoms with Crippen molar-refractivity contribution >= 4 is 56.6 Å². The lowest BCUT2D eigenvalue weighted by atomic mass is 10.0. The van der Waals surface area contributed by atoms with E-state index in [9.17, 15) is 0 Å². The van der Waals surface area contributed by atoms with E-state index in [0.29, 0.717) is 0 Å². The van der Waals surface area contributed by atoms with Crippen LogP contribution in [-0.4, -0.2) is 0 Å². The fourth-order valence-corrected chi connectivity index (χ4v) is 4.50. The van der Waals surface area contributed by atoms with Crippen LogP contribution in [0.4, 0.5) is 0 Å². The second-order valence-corrected chi connectivity index (χ2v) is 8.75. The van der Waals surface area contributed by atoms with Crippen molar-refractivity contribution in [2.24, 2.45) is 0 Å². The first-order valence-corrected chi connectivity index (χ1v) is 11.7. The van der Waals surface area contributed by atoms with Crippen LogP contribution in [0.1, 0.15) is 22.3 Å². The third kappa shape index (κ3) is 4.27. The standard InChI is InChI=1S/C34H24/c1-3-7-31-21-25(13-17-29(31)5-1)9-11-27-15-19-34-24-28(16-20-33(34)23-27)12-10-26-14-18-30-6-2-4-8-32(30)22-26/h1-24H. The Labute approximate surface area is 200 Å². The van der Waals surface area contributed by atoms with E-state index in [1.54, 1.807) is 0 Å². The van der Waals surface area contributed by atoms with E-state index < -0.39 is 0 Å². The predicted octanol–water partition coefficient (Wildman–Crippen LogP) is 9.49. The van der Waals surface area contributed by atoms with E-state index in [-0.39, 0.29) is 0 Å². The zero-order chi connectivity index (χ0) is 22.7. The fourth-order valence-electron chi connectivity index (χ4n) is 4.50. The van der Waals surface area contributed by atoms with Crippen molar-refractivity contribution < 1.29 is 0 Å². The molecule has 0 bridgehead atoms. The maximum Gasteiger partial charge on any atom is -0.0178 e. The molecular formula is C34H24. The zero-order valence-electron chi connectivity index (χ0n) is 18.9. The lowest BCUT2D eigenvalue weighted by Gasteiger charge is -2.03. The Kier molecular flexibility index (Phi) is 5.26. The van der Waals surface area contributed by atoms with Crippen molar-refractivity contribution in [3.05, 3.63) is 144 Å². The van der Waals surface area contributed by atoms with Crippen LogP contribution in [0.15, 0.2) is 121 Å². The van der Waals surface area contributed by atoms with E-state index in [1.807, 2.05) is 0 Å². The molecular weight excluding hydrogens is 408 g/mol. The van der Waals surface area contributed by atoms with Gasteiger partial charge in [-0.1, -0.05) is 121 Å². The molecule has 6 aromatic rings. The molecule has 0 radical (unpaired) electrons. The SMILES string of the molecule is C(=Cc1ccc2cc(C=Cc3ccc4ccccc4c3)ccc2c1)c1ccc2ccccc2c1. The van der Waals surface area contributed by atoms with Crippen LogP contribution in [0, 0.1) is 0 Å². The van der Waals surface area contributed by atoms with Crippen LogP contribution in [0.25, 0.3) is 56.6 Å². The molecule has 0 saturated carbocycles. The van der Waals surface area contributed by atoms with E-state index >= 15 is 0 Å². The third-order valence-corrected chi connectivity index (χ3v) is 6.37. The summed E-state index contributed by atoms with van der Waals surface area (Å²) in [6.07, 6.45) is 8.76. The normalized spacial score (nSPS) is 11.9. The van der Waals surface area contributed by atoms with Gasteiger partial charge in [0.25, 0.3) is 0 Å². The van der Waals surface area contributed by atoms with Crippen LogP contribution in [-0.2, 0) is 0 Å². The average Bonchev–Trinajstić information content (AvgIpc) is 2.90. The summed E-state index contributed by atoms with van der Waals surface area (Å²) in [5, 5.41) is 7.60. The Bertz CT molecular complexity index is 1570. The highest BCUT2D eigenvalue weighted by molar-refractivity contribution is 5.90. The Morgan fingerprint density at radius 3 is 0.882 bits per heavy atom. The molecule has 0 nitrogen and oxygen atoms in total. The van der Waals surface area contributed by atoms with E-state index in [0.717, 1.165) is 0 Å². The molecule has 0 unspecified atom stereocenters. The van der Waals surface area contributed by atoms with E-state index in [2.05, 4.69) is 146 Å². The smallest absolute Gasteiger partial charge is 0.0178 e. The molecule has 0 aliphatic carbocycles. The van der Waals surface area contributed by atoms with Crippen LogP contribution in [0.5, 0.6) is 0 Å². The Hall–Kier alpha value is -4.42. The Morgan fingerprint density at radius 1 is 0.265 bits per heavy atom. The molecule has 0 spiro atoms. The van der Waals surface area contributed by atoms with Gasteiger partial charge in [0.1, 0.15) is 0 Å². The number of rotatable bonds is 4. The highest BCUT2D eigenvalue weighted by Gasteiger charge is 1.98. The van der Waals surface area contributed by atoms with Gasteiger partial charge in [-0.2, -0.15) is 0 Å². The van der Waals surface area contributed by atoms with Gasteiger partial charge in [0.15, 0.2) is 0 Å². The molecule has 0 heteroatoms. The molecule has 34 heavy (non-hydrogen) atoms. The van der Waals surface area contributed by atoms with Crippen molar-refractivity contribution in [2.45, 2.75) is 0 Å². The highest BCUT2D eigenvalue weighted by Crippen LogP contribution is 2.23. The van der Waals surface area contributed by atoms with Gasteiger partial charge >= 0.3 is 0 Å². The summed E-state index contributed by atoms with van der Waals surface area (Å²) in [5.41, 5.74) is 4.85. The molecule has 6 aromatic carbocycles. The summed E-state index contributed by atoms with van der Waals surface area (Å²) in [5.74, 6) is 0. The van der Waals surface area contributed by atoms with Crippen molar-refractivity contribution in [1.82, 2.24) is 0 Å². The summed E-state index contributed by atoms with van der Waals surface area (Å²) >= 11 is 0. The number of hydrogen-bond donors (Lipinski definition) is 0. The molecule has 0 atom stereocenters. The maximum absolute atomic E-state index is 2.25. The molecule has 160 valence electrons. The van der Waals surface area contributed by atoms with Gasteiger partial charge < -0.3 is 0 Å². The molecule has 0 N–H and O–H groups in total. The van der Waals surface area contributed by atoms with Gasteiger partial charge in [-0.3, -0.25) is 0 Å². The van der Waals surface area contributed by atoms with Crippen LogP contribution in [0.2, 0.25) is 0 Å². The quantitative estimate of drug-likeness (QED) is 0.243. The molecule has 0 fully saturated rings. The second kappa shape index (κ2) is 8.84. The lowest BCUT2D eigenvalue weighted by molar-refractivity contribution is 1.67. The molecule has 0 saturated heterocycles. The number of fused-ring (bicyclic) bond motifs is 3. The van der Waals surface area contributed by atoms with Gasteiger partial charge in [-0.25, -0.2) is 0 Å². The van der Waals surface area contributed by atoms with Crippen LogP contribution in [0.3, 0.4) is 0 Å². The number of hydrogen-bond acceptors (Lipinski definition) is 0. The summed E-state index contributed by atoms with van der Waals surface area (Å²) in [7, 11) is 0. The Morgan fingerprint density at radius 2 is 0.529 bits per heavy atom. The van der Waals surface area contributed by atoms with Crippen LogP contribution >= 0.6 is 0 Å². The lowest BCUT2D eigenvalue weighted by Crippen LogP contribution is -1.79. The summed E-state index contributed by atoms with van der Waals surface area (Å²) in [6.45, 7) is 0. The van der Waals surface area contributed by atoms with Crippen molar-refractivity contribution in [3.8, 4) is 0 Å². The fraction of sp³-hybridized carbons (Fsp3) is 0. The minimum Gasteiger partial charge on any atom is -0.0616 e. The van der Waals surface area contributed by atoms with Crippen molar-refractivity contribution in [3.63, 3.8) is 0 Å². The topological polar surface area (TPSA) is 0 Å². The van der Waals surface area contributed by atoms with Crippen molar-refractivity contribution in [2.75, 3.05) is 0 Å². The van der Waals surface area contributed by atoms with Gasteiger partial charge in [0.2, 0.25) is 0 Å². The zero-order valence-corrected chi connectivity index (χ0v) is 18.9. The predicted molar refractivity (Wildman–Crippen MR) is 150 cm³/mol. The second-order valence-electron chi connectivity index (χ2n) is 8.75. The number of benzene rings is 6. The van der Waals surface area contributed by atoms with E-state index in [1.165, 1.54) is 54.6 Å². The van der Waals surface area contributed by atoms with Gasteiger partial charge in [0.05, 0.1) is 0 Å². The molecule has 0 aliphatic rings. The minimum absolute atomic E-state index is 1.21. The molecule has 0 aromatic heterocycles. The maximum atomic E-state index is 2.25. The average molecular weight is 433 g/mol. The molecule has 6 rings (SSSR count). The molecule has 0 aliphatic heterocycles. The first-order valence-electron chi connectivity index (χ1n) is 11.7. The van der Waals surface area contributed by atoms with Crippen molar-refractivity contribution in [1.29, 1.82) is 0 Å². The summed E-state index contributed by atoms with van der Waals surface area (Å²) in [6, 6.07) is 43.5. The molecule has 0 heterocycles. The highest BCUT2D eigenvalue weighted by atomic mass is 14.0. The van der Waals surface area contributed by atoms with E-state index in [4.69, 9.17) is 0 Å². The van der Waals surface area contributed by atoms with Gasteiger partial charge in [-0.15, -0.1) is 0 Å². The van der Waals surface area contributed by atoms with Gasteiger partial charge in [-0.05, 0) is 78.8 Å². The minimum atomic E-state index is 1.21. The summed E-state index contributed by atoms with van der Waals surface area (Å²) < 4.78 is 0.